The molecule has 0 aliphatic carbocycles. The molecular formula is C17H21NO. The van der Waals surface area contributed by atoms with Gasteiger partial charge in [-0.25, -0.2) is 0 Å². The Labute approximate surface area is 115 Å². The SMILES string of the molecule is CCc1ccc(CNc2ccc(OC)c(C)c2)cc1. The zero-order valence-corrected chi connectivity index (χ0v) is 11.9. The molecule has 0 radical (unpaired) electrons. The Morgan fingerprint density at radius 2 is 1.68 bits per heavy atom. The van der Waals surface area contributed by atoms with Gasteiger partial charge < -0.3 is 10.1 Å². The van der Waals surface area contributed by atoms with E-state index in [0.29, 0.717) is 0 Å². The van der Waals surface area contributed by atoms with Crippen molar-refractivity contribution in [2.75, 3.05) is 12.4 Å². The standard InChI is InChI=1S/C17H21NO/c1-4-14-5-7-15(8-6-14)12-18-16-9-10-17(19-3)13(2)11-16/h5-11,18H,4,12H2,1-3H3. The van der Waals surface area contributed by atoms with Crippen LogP contribution in [0.2, 0.25) is 0 Å². The van der Waals surface area contributed by atoms with Gasteiger partial charge in [-0.3, -0.25) is 0 Å². The second-order valence-electron chi connectivity index (χ2n) is 4.71. The largest absolute Gasteiger partial charge is 0.496 e. The van der Waals surface area contributed by atoms with Gasteiger partial charge in [-0.15, -0.1) is 0 Å². The molecule has 2 heteroatoms. The van der Waals surface area contributed by atoms with Gasteiger partial charge in [-0.1, -0.05) is 31.2 Å². The van der Waals surface area contributed by atoms with Crippen LogP contribution in [0.4, 0.5) is 5.69 Å². The number of rotatable bonds is 5. The maximum atomic E-state index is 5.26. The molecule has 0 fully saturated rings. The zero-order valence-electron chi connectivity index (χ0n) is 11.9. The minimum absolute atomic E-state index is 0.843. The smallest absolute Gasteiger partial charge is 0.121 e. The van der Waals surface area contributed by atoms with E-state index in [0.717, 1.165) is 30.0 Å². The molecule has 100 valence electrons. The minimum Gasteiger partial charge on any atom is -0.496 e. The van der Waals surface area contributed by atoms with Crippen LogP contribution in [0, 0.1) is 6.92 Å². The highest BCUT2D eigenvalue weighted by molar-refractivity contribution is 5.51. The second-order valence-corrected chi connectivity index (χ2v) is 4.71. The minimum atomic E-state index is 0.843. The summed E-state index contributed by atoms with van der Waals surface area (Å²) >= 11 is 0. The van der Waals surface area contributed by atoms with Crippen molar-refractivity contribution in [3.05, 3.63) is 59.2 Å². The van der Waals surface area contributed by atoms with Crippen LogP contribution < -0.4 is 10.1 Å². The van der Waals surface area contributed by atoms with Crippen LogP contribution >= 0.6 is 0 Å². The van der Waals surface area contributed by atoms with Gasteiger partial charge >= 0.3 is 0 Å². The lowest BCUT2D eigenvalue weighted by Gasteiger charge is -2.10. The first kappa shape index (κ1) is 13.5. The van der Waals surface area contributed by atoms with Crippen molar-refractivity contribution in [3.63, 3.8) is 0 Å². The molecule has 0 atom stereocenters. The number of ether oxygens (including phenoxy) is 1. The predicted molar refractivity (Wildman–Crippen MR) is 80.9 cm³/mol. The molecule has 19 heavy (non-hydrogen) atoms. The Bertz CT molecular complexity index is 531. The predicted octanol–water partition coefficient (Wildman–Crippen LogP) is 4.18. The number of hydrogen-bond donors (Lipinski definition) is 1. The summed E-state index contributed by atoms with van der Waals surface area (Å²) in [6.07, 6.45) is 1.09. The average Bonchev–Trinajstić information content (AvgIpc) is 2.46. The average molecular weight is 255 g/mol. The molecule has 0 heterocycles. The molecule has 0 aromatic heterocycles. The molecular weight excluding hydrogens is 234 g/mol. The third-order valence-corrected chi connectivity index (χ3v) is 3.32. The highest BCUT2D eigenvalue weighted by atomic mass is 16.5. The van der Waals surface area contributed by atoms with Gasteiger partial charge in [-0.05, 0) is 48.2 Å². The van der Waals surface area contributed by atoms with Crippen LogP contribution in [0.1, 0.15) is 23.6 Å². The Morgan fingerprint density at radius 1 is 1.00 bits per heavy atom. The fraction of sp³-hybridized carbons (Fsp3) is 0.294. The van der Waals surface area contributed by atoms with Gasteiger partial charge in [0, 0.05) is 12.2 Å². The lowest BCUT2D eigenvalue weighted by atomic mass is 10.1. The van der Waals surface area contributed by atoms with Crippen molar-refractivity contribution in [2.24, 2.45) is 0 Å². The number of nitrogens with one attached hydrogen (secondary N) is 1. The normalized spacial score (nSPS) is 10.3. The van der Waals surface area contributed by atoms with Crippen LogP contribution in [-0.4, -0.2) is 7.11 Å². The fourth-order valence-electron chi connectivity index (χ4n) is 2.09. The Morgan fingerprint density at radius 3 is 2.26 bits per heavy atom. The number of methoxy groups -OCH3 is 1. The van der Waals surface area contributed by atoms with Crippen molar-refractivity contribution in [1.29, 1.82) is 0 Å². The van der Waals surface area contributed by atoms with Crippen LogP contribution in [0.15, 0.2) is 42.5 Å². The van der Waals surface area contributed by atoms with Gasteiger partial charge in [0.15, 0.2) is 0 Å². The fourth-order valence-corrected chi connectivity index (χ4v) is 2.09. The van der Waals surface area contributed by atoms with E-state index >= 15 is 0 Å². The maximum Gasteiger partial charge on any atom is 0.121 e. The summed E-state index contributed by atoms with van der Waals surface area (Å²) in [6, 6.07) is 14.9. The van der Waals surface area contributed by atoms with Gasteiger partial charge in [0.2, 0.25) is 0 Å². The van der Waals surface area contributed by atoms with Crippen LogP contribution in [-0.2, 0) is 13.0 Å². The first-order chi connectivity index (χ1) is 9.22. The van der Waals surface area contributed by atoms with E-state index in [4.69, 9.17) is 4.74 Å². The van der Waals surface area contributed by atoms with E-state index in [9.17, 15) is 0 Å². The van der Waals surface area contributed by atoms with E-state index < -0.39 is 0 Å². The van der Waals surface area contributed by atoms with Crippen LogP contribution in [0.5, 0.6) is 5.75 Å². The van der Waals surface area contributed by atoms with E-state index in [1.807, 2.05) is 12.1 Å². The molecule has 2 nitrogen and oxygen atoms in total. The van der Waals surface area contributed by atoms with Crippen molar-refractivity contribution >= 4 is 5.69 Å². The first-order valence-corrected chi connectivity index (χ1v) is 6.69. The van der Waals surface area contributed by atoms with Crippen LogP contribution in [0.3, 0.4) is 0 Å². The highest BCUT2D eigenvalue weighted by Gasteiger charge is 2.00. The van der Waals surface area contributed by atoms with Gasteiger partial charge in [0.1, 0.15) is 5.75 Å². The molecule has 0 aliphatic rings. The molecule has 0 saturated heterocycles. The van der Waals surface area contributed by atoms with E-state index in [1.165, 1.54) is 11.1 Å². The summed E-state index contributed by atoms with van der Waals surface area (Å²) in [4.78, 5) is 0. The quantitative estimate of drug-likeness (QED) is 0.865. The Balaban J connectivity index is 1.99. The van der Waals surface area contributed by atoms with Gasteiger partial charge in [0.05, 0.1) is 7.11 Å². The van der Waals surface area contributed by atoms with Crippen molar-refractivity contribution in [2.45, 2.75) is 26.8 Å². The number of benzene rings is 2. The zero-order chi connectivity index (χ0) is 13.7. The summed E-state index contributed by atoms with van der Waals surface area (Å²) < 4.78 is 5.26. The summed E-state index contributed by atoms with van der Waals surface area (Å²) in [5.41, 5.74) is 4.95. The molecule has 0 aliphatic heterocycles. The Hall–Kier alpha value is -1.96. The lowest BCUT2D eigenvalue weighted by Crippen LogP contribution is -2.00. The van der Waals surface area contributed by atoms with Crippen molar-refractivity contribution in [1.82, 2.24) is 0 Å². The molecule has 2 rings (SSSR count). The monoisotopic (exact) mass is 255 g/mol. The van der Waals surface area contributed by atoms with E-state index in [-0.39, 0.29) is 0 Å². The van der Waals surface area contributed by atoms with Crippen molar-refractivity contribution < 1.29 is 4.74 Å². The molecule has 0 saturated carbocycles. The summed E-state index contributed by atoms with van der Waals surface area (Å²) in [6.45, 7) is 5.07. The molecule has 0 amide bonds. The number of aryl methyl sites for hydroxylation is 2. The molecule has 0 spiro atoms. The third kappa shape index (κ3) is 3.50. The van der Waals surface area contributed by atoms with Gasteiger partial charge in [-0.2, -0.15) is 0 Å². The first-order valence-electron chi connectivity index (χ1n) is 6.69. The molecule has 0 unspecified atom stereocenters. The third-order valence-electron chi connectivity index (χ3n) is 3.32. The van der Waals surface area contributed by atoms with E-state index in [2.05, 4.69) is 49.5 Å². The topological polar surface area (TPSA) is 21.3 Å². The lowest BCUT2D eigenvalue weighted by molar-refractivity contribution is 0.412. The summed E-state index contributed by atoms with van der Waals surface area (Å²) in [7, 11) is 1.70. The van der Waals surface area contributed by atoms with Gasteiger partial charge in [0.25, 0.3) is 0 Å². The number of anilines is 1. The maximum absolute atomic E-state index is 5.26. The summed E-state index contributed by atoms with van der Waals surface area (Å²) in [5.74, 6) is 0.929. The molecule has 2 aromatic carbocycles. The second kappa shape index (κ2) is 6.28. The van der Waals surface area contributed by atoms with Crippen LogP contribution in [0.25, 0.3) is 0 Å². The summed E-state index contributed by atoms with van der Waals surface area (Å²) in [5, 5.41) is 3.43. The Kier molecular flexibility index (Phi) is 4.45. The molecule has 2 aromatic rings. The molecule has 1 N–H and O–H groups in total. The highest BCUT2D eigenvalue weighted by Crippen LogP contribution is 2.21. The number of hydrogen-bond acceptors (Lipinski definition) is 2. The molecule has 0 bridgehead atoms. The van der Waals surface area contributed by atoms with Crippen molar-refractivity contribution in [3.8, 4) is 5.75 Å². The van der Waals surface area contributed by atoms with E-state index in [1.54, 1.807) is 7.11 Å².